The molecule has 0 spiro atoms. The predicted molar refractivity (Wildman–Crippen MR) is 103 cm³/mol. The Balaban J connectivity index is 0.00000144. The number of likely N-dealkylation sites (N-methyl/N-ethyl adjacent to an activating group) is 1. The van der Waals surface area contributed by atoms with Crippen LogP contribution in [0.4, 0.5) is 5.69 Å². The highest BCUT2D eigenvalue weighted by atomic mass is 35.5. The zero-order valence-electron chi connectivity index (χ0n) is 13.6. The highest BCUT2D eigenvalue weighted by Gasteiger charge is 2.23. The normalized spacial score (nSPS) is 14.0. The number of benzene rings is 2. The number of halogens is 2. The van der Waals surface area contributed by atoms with Gasteiger partial charge in [-0.25, -0.2) is 0 Å². The molecule has 130 valence electrons. The van der Waals surface area contributed by atoms with E-state index in [-0.39, 0.29) is 30.7 Å². The lowest BCUT2D eigenvalue weighted by molar-refractivity contribution is 0.0986. The molecule has 2 N–H and O–H groups in total. The first-order valence-corrected chi connectivity index (χ1v) is 7.56. The number of anilines is 1. The molecule has 0 saturated heterocycles. The Morgan fingerprint density at radius 3 is 2.38 bits per heavy atom. The number of hydrogen-bond donors (Lipinski definition) is 1. The summed E-state index contributed by atoms with van der Waals surface area (Å²) in [6.07, 6.45) is 0. The fraction of sp³-hybridized carbons (Fsp3) is 0.278. The Bertz CT molecular complexity index is 676. The van der Waals surface area contributed by atoms with E-state index in [0.29, 0.717) is 18.7 Å². The molecule has 2 aromatic carbocycles. The van der Waals surface area contributed by atoms with Gasteiger partial charge < -0.3 is 15.5 Å². The average Bonchev–Trinajstić information content (AvgIpc) is 2.72. The molecule has 0 unspecified atom stereocenters. The molecule has 1 amide bonds. The highest BCUT2D eigenvalue weighted by molar-refractivity contribution is 6.06. The van der Waals surface area contributed by atoms with Crippen LogP contribution >= 0.6 is 24.8 Å². The summed E-state index contributed by atoms with van der Waals surface area (Å²) >= 11 is 0. The summed E-state index contributed by atoms with van der Waals surface area (Å²) in [4.78, 5) is 17.0. The van der Waals surface area contributed by atoms with Gasteiger partial charge in [0, 0.05) is 37.4 Å². The van der Waals surface area contributed by atoms with Gasteiger partial charge in [-0.2, -0.15) is 0 Å². The van der Waals surface area contributed by atoms with Crippen molar-refractivity contribution in [3.63, 3.8) is 0 Å². The van der Waals surface area contributed by atoms with E-state index >= 15 is 0 Å². The second-order valence-electron chi connectivity index (χ2n) is 5.72. The number of nitrogens with two attached hydrogens (primary N) is 1. The fourth-order valence-electron chi connectivity index (χ4n) is 2.82. The van der Waals surface area contributed by atoms with Crippen LogP contribution in [0.3, 0.4) is 0 Å². The number of carbonyl (C=O) groups excluding carboxylic acids is 1. The molecule has 1 aliphatic heterocycles. The lowest BCUT2D eigenvalue weighted by Gasteiger charge is -2.22. The molecule has 24 heavy (non-hydrogen) atoms. The van der Waals surface area contributed by atoms with Gasteiger partial charge in [0.05, 0.1) is 0 Å². The Kier molecular flexibility index (Phi) is 7.70. The van der Waals surface area contributed by atoms with Crippen LogP contribution in [0.2, 0.25) is 0 Å². The molecule has 0 aliphatic carbocycles. The van der Waals surface area contributed by atoms with Gasteiger partial charge in [-0.1, -0.05) is 30.3 Å². The van der Waals surface area contributed by atoms with Crippen LogP contribution in [0.25, 0.3) is 0 Å². The van der Waals surface area contributed by atoms with Gasteiger partial charge in [0.2, 0.25) is 0 Å². The Labute approximate surface area is 155 Å². The molecule has 0 fully saturated rings. The average molecular weight is 368 g/mol. The van der Waals surface area contributed by atoms with E-state index in [1.54, 1.807) is 0 Å². The highest BCUT2D eigenvalue weighted by Crippen LogP contribution is 2.26. The Morgan fingerprint density at radius 2 is 1.71 bits per heavy atom. The van der Waals surface area contributed by atoms with E-state index in [4.69, 9.17) is 5.73 Å². The smallest absolute Gasteiger partial charge is 0.258 e. The minimum Gasteiger partial charge on any atom is -0.326 e. The molecule has 3 rings (SSSR count). The van der Waals surface area contributed by atoms with Crippen molar-refractivity contribution in [2.75, 3.05) is 25.0 Å². The van der Waals surface area contributed by atoms with Gasteiger partial charge in [0.25, 0.3) is 5.91 Å². The van der Waals surface area contributed by atoms with E-state index in [2.05, 4.69) is 18.0 Å². The number of amides is 1. The summed E-state index contributed by atoms with van der Waals surface area (Å²) in [5.41, 5.74) is 9.56. The monoisotopic (exact) mass is 367 g/mol. The van der Waals surface area contributed by atoms with Crippen molar-refractivity contribution in [3.05, 3.63) is 65.2 Å². The minimum atomic E-state index is 0. The minimum absolute atomic E-state index is 0. The van der Waals surface area contributed by atoms with Crippen LogP contribution in [0, 0.1) is 0 Å². The third kappa shape index (κ3) is 4.28. The summed E-state index contributed by atoms with van der Waals surface area (Å²) in [6.45, 7) is 2.92. The third-order valence-corrected chi connectivity index (χ3v) is 4.11. The summed E-state index contributed by atoms with van der Waals surface area (Å²) < 4.78 is 0. The summed E-state index contributed by atoms with van der Waals surface area (Å²) in [5, 5.41) is 0. The van der Waals surface area contributed by atoms with Crippen molar-refractivity contribution >= 4 is 36.4 Å². The first-order chi connectivity index (χ1) is 10.7. The molecule has 4 nitrogen and oxygen atoms in total. The third-order valence-electron chi connectivity index (χ3n) is 4.11. The van der Waals surface area contributed by atoms with E-state index in [1.165, 1.54) is 5.56 Å². The standard InChI is InChI=1S/C18H21N3O.2ClH/c1-20-10-11-21(17-5-3-2-4-16(17)13-20)18(22)15-8-6-14(12-19)7-9-15;;/h2-9H,10-13,19H2,1H3;2*1H. The van der Waals surface area contributed by atoms with Crippen molar-refractivity contribution in [1.29, 1.82) is 0 Å². The number of rotatable bonds is 2. The maximum Gasteiger partial charge on any atom is 0.258 e. The lowest BCUT2D eigenvalue weighted by atomic mass is 10.1. The Morgan fingerprint density at radius 1 is 1.04 bits per heavy atom. The van der Waals surface area contributed by atoms with E-state index in [0.717, 1.165) is 24.3 Å². The molecule has 1 heterocycles. The summed E-state index contributed by atoms with van der Waals surface area (Å²) in [7, 11) is 2.08. The van der Waals surface area contributed by atoms with Gasteiger partial charge in [0.15, 0.2) is 0 Å². The van der Waals surface area contributed by atoms with Crippen LogP contribution in [0.1, 0.15) is 21.5 Å². The zero-order valence-corrected chi connectivity index (χ0v) is 15.3. The van der Waals surface area contributed by atoms with E-state index < -0.39 is 0 Å². The topological polar surface area (TPSA) is 49.6 Å². The molecule has 0 aromatic heterocycles. The zero-order chi connectivity index (χ0) is 15.5. The molecule has 2 aromatic rings. The molecule has 0 saturated carbocycles. The maximum absolute atomic E-state index is 12.9. The first-order valence-electron chi connectivity index (χ1n) is 7.56. The molecule has 1 aliphatic rings. The maximum atomic E-state index is 12.9. The fourth-order valence-corrected chi connectivity index (χ4v) is 2.82. The van der Waals surface area contributed by atoms with Gasteiger partial charge in [-0.3, -0.25) is 4.79 Å². The largest absolute Gasteiger partial charge is 0.326 e. The number of para-hydroxylation sites is 1. The van der Waals surface area contributed by atoms with Crippen LogP contribution in [-0.2, 0) is 13.1 Å². The molecule has 0 radical (unpaired) electrons. The van der Waals surface area contributed by atoms with Crippen molar-refractivity contribution in [1.82, 2.24) is 4.90 Å². The summed E-state index contributed by atoms with van der Waals surface area (Å²) in [5.74, 6) is 0.0475. The van der Waals surface area contributed by atoms with Crippen molar-refractivity contribution in [3.8, 4) is 0 Å². The van der Waals surface area contributed by atoms with Crippen LogP contribution in [-0.4, -0.2) is 30.9 Å². The van der Waals surface area contributed by atoms with Crippen molar-refractivity contribution in [2.24, 2.45) is 5.73 Å². The summed E-state index contributed by atoms with van der Waals surface area (Å²) in [6, 6.07) is 15.7. The Hall–Kier alpha value is -1.59. The van der Waals surface area contributed by atoms with Gasteiger partial charge in [-0.15, -0.1) is 24.8 Å². The first kappa shape index (κ1) is 20.5. The molecular formula is C18H23Cl2N3O. The van der Waals surface area contributed by atoms with Gasteiger partial charge in [0.1, 0.15) is 0 Å². The molecular weight excluding hydrogens is 345 g/mol. The second kappa shape index (κ2) is 9.04. The predicted octanol–water partition coefficient (Wildman–Crippen LogP) is 3.08. The van der Waals surface area contributed by atoms with Gasteiger partial charge >= 0.3 is 0 Å². The molecule has 6 heteroatoms. The lowest BCUT2D eigenvalue weighted by Crippen LogP contribution is -2.35. The quantitative estimate of drug-likeness (QED) is 0.886. The van der Waals surface area contributed by atoms with Crippen LogP contribution in [0.15, 0.2) is 48.5 Å². The SMILES string of the molecule is CN1CCN(C(=O)c2ccc(CN)cc2)c2ccccc2C1.Cl.Cl. The van der Waals surface area contributed by atoms with E-state index in [1.807, 2.05) is 47.4 Å². The van der Waals surface area contributed by atoms with Crippen LogP contribution < -0.4 is 10.6 Å². The van der Waals surface area contributed by atoms with Crippen LogP contribution in [0.5, 0.6) is 0 Å². The second-order valence-corrected chi connectivity index (χ2v) is 5.72. The van der Waals surface area contributed by atoms with E-state index in [9.17, 15) is 4.79 Å². The number of nitrogens with zero attached hydrogens (tertiary/aromatic N) is 2. The molecule has 0 bridgehead atoms. The van der Waals surface area contributed by atoms with Crippen molar-refractivity contribution < 1.29 is 4.79 Å². The van der Waals surface area contributed by atoms with Gasteiger partial charge in [-0.05, 0) is 36.4 Å². The molecule has 0 atom stereocenters. The van der Waals surface area contributed by atoms with Crippen molar-refractivity contribution in [2.45, 2.75) is 13.1 Å². The number of carbonyl (C=O) groups is 1. The number of fused-ring (bicyclic) bond motifs is 1. The number of hydrogen-bond acceptors (Lipinski definition) is 3.